The highest BCUT2D eigenvalue weighted by atomic mass is 35.5. The van der Waals surface area contributed by atoms with Crippen molar-refractivity contribution in [1.29, 1.82) is 5.26 Å². The number of benzene rings is 2. The number of nitrogens with zero attached hydrogens (tertiary/aromatic N) is 2. The Balaban J connectivity index is 2.37. The van der Waals surface area contributed by atoms with E-state index < -0.39 is 23.1 Å². The summed E-state index contributed by atoms with van der Waals surface area (Å²) in [5.41, 5.74) is -0.307. The van der Waals surface area contributed by atoms with Gasteiger partial charge in [0.05, 0.1) is 10.0 Å². The van der Waals surface area contributed by atoms with Gasteiger partial charge in [0.15, 0.2) is 11.3 Å². The van der Waals surface area contributed by atoms with Crippen LogP contribution in [0.25, 0.3) is 5.76 Å². The molecule has 0 aliphatic rings. The van der Waals surface area contributed by atoms with Gasteiger partial charge < -0.3 is 15.1 Å². The van der Waals surface area contributed by atoms with E-state index in [9.17, 15) is 24.7 Å². The predicted molar refractivity (Wildman–Crippen MR) is 108 cm³/mol. The lowest BCUT2D eigenvalue weighted by atomic mass is 10.1. The van der Waals surface area contributed by atoms with E-state index >= 15 is 0 Å². The van der Waals surface area contributed by atoms with Crippen LogP contribution in [0.4, 0.5) is 4.39 Å². The lowest BCUT2D eigenvalue weighted by molar-refractivity contribution is -0.126. The zero-order chi connectivity index (χ0) is 21.0. The Hall–Kier alpha value is -2.40. The zero-order valence-corrected chi connectivity index (χ0v) is 17.2. The number of carbonyl (C=O) groups excluding carboxylic acids is 1. The molecule has 0 unspecified atom stereocenters. The normalized spacial score (nSPS) is 11.6. The number of aromatic hydroxyl groups is 1. The Morgan fingerprint density at radius 1 is 1.29 bits per heavy atom. The second-order valence-corrected chi connectivity index (χ2v) is 7.44. The first-order chi connectivity index (χ1) is 13.2. The number of carbonyl (C=O) groups is 1. The number of halogens is 3. The van der Waals surface area contributed by atoms with Gasteiger partial charge in [-0.25, -0.2) is 4.39 Å². The molecule has 0 aliphatic heterocycles. The van der Waals surface area contributed by atoms with Crippen LogP contribution in [-0.2, 0) is 11.3 Å². The number of nitriles is 1. The molecule has 0 spiro atoms. The third kappa shape index (κ3) is 4.71. The first kappa shape index (κ1) is 21.9. The van der Waals surface area contributed by atoms with Crippen LogP contribution in [0.5, 0.6) is 5.75 Å². The Morgan fingerprint density at radius 3 is 2.43 bits per heavy atom. The summed E-state index contributed by atoms with van der Waals surface area (Å²) >= 11 is 13.1. The van der Waals surface area contributed by atoms with Crippen LogP contribution < -0.4 is 0 Å². The Bertz CT molecular complexity index is 982. The number of hydrogen-bond donors (Lipinski definition) is 2. The summed E-state index contributed by atoms with van der Waals surface area (Å²) < 4.78 is 14.0. The van der Waals surface area contributed by atoms with Crippen molar-refractivity contribution in [3.8, 4) is 11.8 Å². The highest BCUT2D eigenvalue weighted by Crippen LogP contribution is 2.35. The maximum absolute atomic E-state index is 14.0. The molecule has 2 rings (SSSR count). The van der Waals surface area contributed by atoms with Crippen molar-refractivity contribution in [3.05, 3.63) is 62.9 Å². The third-order valence-corrected chi connectivity index (χ3v) is 5.16. The molecule has 0 bridgehead atoms. The van der Waals surface area contributed by atoms with Crippen LogP contribution in [0.15, 0.2) is 40.8 Å². The van der Waals surface area contributed by atoms with E-state index in [0.29, 0.717) is 0 Å². The maximum Gasteiger partial charge on any atom is 0.268 e. The van der Waals surface area contributed by atoms with Crippen molar-refractivity contribution in [2.75, 3.05) is 13.3 Å². The van der Waals surface area contributed by atoms with Crippen LogP contribution in [0.2, 0.25) is 10.0 Å². The number of aliphatic hydroxyl groups excluding tert-OH is 1. The first-order valence-corrected chi connectivity index (χ1v) is 9.77. The fraction of sp³-hybridized carbons (Fsp3) is 0.158. The molecule has 0 saturated heterocycles. The molecule has 2 aromatic rings. The van der Waals surface area contributed by atoms with Gasteiger partial charge in [0.25, 0.3) is 5.91 Å². The summed E-state index contributed by atoms with van der Waals surface area (Å²) in [6, 6.07) is 8.53. The van der Waals surface area contributed by atoms with Crippen LogP contribution >= 0.6 is 35.0 Å². The summed E-state index contributed by atoms with van der Waals surface area (Å²) in [5.74, 6) is -2.33. The van der Waals surface area contributed by atoms with Crippen LogP contribution in [0.1, 0.15) is 11.1 Å². The summed E-state index contributed by atoms with van der Waals surface area (Å²) in [6.45, 7) is -0.103. The van der Waals surface area contributed by atoms with Crippen molar-refractivity contribution in [1.82, 2.24) is 4.90 Å². The number of thioether (sulfide) groups is 1. The fourth-order valence-electron chi connectivity index (χ4n) is 2.37. The molecule has 2 aromatic carbocycles. The molecule has 0 aliphatic carbocycles. The molecule has 0 aromatic heterocycles. The smallest absolute Gasteiger partial charge is 0.268 e. The van der Waals surface area contributed by atoms with Crippen LogP contribution in [-0.4, -0.2) is 34.3 Å². The molecule has 0 fully saturated rings. The molecule has 28 heavy (non-hydrogen) atoms. The van der Waals surface area contributed by atoms with Gasteiger partial charge in [0, 0.05) is 29.6 Å². The number of phenols is 1. The van der Waals surface area contributed by atoms with Gasteiger partial charge >= 0.3 is 0 Å². The minimum atomic E-state index is -0.811. The van der Waals surface area contributed by atoms with Gasteiger partial charge in [-0.3, -0.25) is 4.79 Å². The molecule has 0 radical (unpaired) electrons. The van der Waals surface area contributed by atoms with Crippen molar-refractivity contribution < 1.29 is 19.4 Å². The largest absolute Gasteiger partial charge is 0.506 e. The minimum Gasteiger partial charge on any atom is -0.506 e. The minimum absolute atomic E-state index is 0.0124. The fourth-order valence-corrected chi connectivity index (χ4v) is 3.32. The Kier molecular flexibility index (Phi) is 7.19. The maximum atomic E-state index is 14.0. The number of amides is 1. The van der Waals surface area contributed by atoms with E-state index in [0.717, 1.165) is 9.80 Å². The van der Waals surface area contributed by atoms with E-state index in [1.165, 1.54) is 37.0 Å². The van der Waals surface area contributed by atoms with Gasteiger partial charge in [0.1, 0.15) is 17.6 Å². The Morgan fingerprint density at radius 2 is 1.89 bits per heavy atom. The van der Waals surface area contributed by atoms with Crippen LogP contribution in [0.3, 0.4) is 0 Å². The third-order valence-electron chi connectivity index (χ3n) is 3.86. The van der Waals surface area contributed by atoms with Gasteiger partial charge in [-0.1, -0.05) is 23.2 Å². The highest BCUT2D eigenvalue weighted by molar-refractivity contribution is 7.98. The van der Waals surface area contributed by atoms with Gasteiger partial charge in [-0.2, -0.15) is 5.26 Å². The second kappa shape index (κ2) is 9.20. The monoisotopic (exact) mass is 440 g/mol. The van der Waals surface area contributed by atoms with E-state index in [4.69, 9.17) is 23.2 Å². The highest BCUT2D eigenvalue weighted by Gasteiger charge is 2.22. The van der Waals surface area contributed by atoms with E-state index in [2.05, 4.69) is 0 Å². The molecule has 9 heteroatoms. The summed E-state index contributed by atoms with van der Waals surface area (Å²) in [7, 11) is 1.38. The molecule has 0 heterocycles. The molecule has 1 amide bonds. The summed E-state index contributed by atoms with van der Waals surface area (Å²) in [5, 5.41) is 29.0. The zero-order valence-electron chi connectivity index (χ0n) is 14.8. The number of aliphatic hydroxyl groups is 1. The van der Waals surface area contributed by atoms with Crippen molar-refractivity contribution in [2.45, 2.75) is 11.4 Å². The lowest BCUT2D eigenvalue weighted by Crippen LogP contribution is -2.28. The Labute approximate surface area is 175 Å². The average molecular weight is 441 g/mol. The van der Waals surface area contributed by atoms with E-state index in [-0.39, 0.29) is 33.5 Å². The van der Waals surface area contributed by atoms with E-state index in [1.54, 1.807) is 18.2 Å². The van der Waals surface area contributed by atoms with Crippen LogP contribution in [0, 0.1) is 17.1 Å². The molecule has 5 nitrogen and oxygen atoms in total. The predicted octanol–water partition coefficient (Wildman–Crippen LogP) is 5.01. The molecule has 0 atom stereocenters. The van der Waals surface area contributed by atoms with Gasteiger partial charge in [-0.15, -0.1) is 11.8 Å². The van der Waals surface area contributed by atoms with Gasteiger partial charge in [-0.05, 0) is 36.6 Å². The number of hydrogen-bond acceptors (Lipinski definition) is 5. The topological polar surface area (TPSA) is 84.6 Å². The number of likely N-dealkylation sites (N-methyl/N-ethyl adjacent to an activating group) is 1. The SMILES string of the molecule is CSc1ccc(F)c(CN(C)C(=O)/C(C#N)=C(\O)c2cc(Cl)c(O)c(Cl)c2)c1. The summed E-state index contributed by atoms with van der Waals surface area (Å²) in [6.07, 6.45) is 1.84. The molecule has 2 N–H and O–H groups in total. The second-order valence-electron chi connectivity index (χ2n) is 5.74. The quantitative estimate of drug-likeness (QED) is 0.295. The number of phenolic OH excluding ortho intramolecular Hbond substituents is 1. The molecule has 146 valence electrons. The molecular formula is C19H15Cl2FN2O3S. The van der Waals surface area contributed by atoms with Crippen molar-refractivity contribution in [3.63, 3.8) is 0 Å². The van der Waals surface area contributed by atoms with Crippen molar-refractivity contribution >= 4 is 46.6 Å². The average Bonchev–Trinajstić information content (AvgIpc) is 2.67. The van der Waals surface area contributed by atoms with Gasteiger partial charge in [0.2, 0.25) is 0 Å². The summed E-state index contributed by atoms with van der Waals surface area (Å²) in [4.78, 5) is 14.6. The standard InChI is InChI=1S/C19H15Cl2FN2O3S/c1-24(9-11-5-12(28-2)3-4-16(11)22)19(27)13(8-23)17(25)10-6-14(20)18(26)15(21)7-10/h3-7,25-26H,9H2,1-2H3/b17-13-. The first-order valence-electron chi connectivity index (χ1n) is 7.79. The van der Waals surface area contributed by atoms with E-state index in [1.807, 2.05) is 6.26 Å². The number of rotatable bonds is 5. The lowest BCUT2D eigenvalue weighted by Gasteiger charge is -2.18. The van der Waals surface area contributed by atoms with Crippen molar-refractivity contribution in [2.24, 2.45) is 0 Å². The molecule has 0 saturated carbocycles. The molecular weight excluding hydrogens is 426 g/mol.